The molecule has 0 saturated carbocycles. The van der Waals surface area contributed by atoms with Crippen LogP contribution in [0.4, 0.5) is 14.5 Å². The summed E-state index contributed by atoms with van der Waals surface area (Å²) in [6.45, 7) is 0. The lowest BCUT2D eigenvalue weighted by Crippen LogP contribution is -2.14. The number of hydrogen-bond donors (Lipinski definition) is 1. The summed E-state index contributed by atoms with van der Waals surface area (Å²) in [4.78, 5) is 12.0. The molecule has 2 nitrogen and oxygen atoms in total. The van der Waals surface area contributed by atoms with Gasteiger partial charge in [-0.3, -0.25) is 4.79 Å². The van der Waals surface area contributed by atoms with E-state index in [0.717, 1.165) is 10.5 Å². The predicted molar refractivity (Wildman–Crippen MR) is 76.2 cm³/mol. The summed E-state index contributed by atoms with van der Waals surface area (Å²) in [6.07, 6.45) is 0. The van der Waals surface area contributed by atoms with Crippen molar-refractivity contribution < 1.29 is 13.6 Å². The van der Waals surface area contributed by atoms with Crippen molar-refractivity contribution >= 4 is 43.5 Å². The summed E-state index contributed by atoms with van der Waals surface area (Å²) >= 11 is 6.50. The van der Waals surface area contributed by atoms with Crippen LogP contribution in [-0.4, -0.2) is 5.91 Å². The first-order chi connectivity index (χ1) is 8.99. The van der Waals surface area contributed by atoms with Gasteiger partial charge in [-0.2, -0.15) is 0 Å². The van der Waals surface area contributed by atoms with E-state index in [4.69, 9.17) is 0 Å². The molecule has 2 aromatic rings. The molecule has 19 heavy (non-hydrogen) atoms. The first-order valence-corrected chi connectivity index (χ1v) is 6.78. The van der Waals surface area contributed by atoms with Gasteiger partial charge in [0.15, 0.2) is 11.6 Å². The van der Waals surface area contributed by atoms with E-state index in [1.807, 2.05) is 0 Å². The van der Waals surface area contributed by atoms with Crippen molar-refractivity contribution in [1.82, 2.24) is 0 Å². The molecule has 98 valence electrons. The maximum Gasteiger partial charge on any atom is 0.256 e. The SMILES string of the molecule is O=C(Nc1cccc(F)c1F)c1ccc(Br)cc1Br. The summed E-state index contributed by atoms with van der Waals surface area (Å²) in [5.41, 5.74) is 0.131. The van der Waals surface area contributed by atoms with Crippen LogP contribution < -0.4 is 5.32 Å². The molecule has 0 atom stereocenters. The minimum absolute atomic E-state index is 0.195. The normalized spacial score (nSPS) is 10.3. The van der Waals surface area contributed by atoms with Gasteiger partial charge >= 0.3 is 0 Å². The van der Waals surface area contributed by atoms with Crippen molar-refractivity contribution in [2.45, 2.75) is 0 Å². The molecule has 0 aliphatic heterocycles. The van der Waals surface area contributed by atoms with E-state index in [2.05, 4.69) is 37.2 Å². The van der Waals surface area contributed by atoms with E-state index in [1.165, 1.54) is 12.1 Å². The van der Waals surface area contributed by atoms with E-state index >= 15 is 0 Å². The van der Waals surface area contributed by atoms with Crippen molar-refractivity contribution in [3.63, 3.8) is 0 Å². The van der Waals surface area contributed by atoms with Gasteiger partial charge in [0.1, 0.15) is 0 Å². The molecule has 0 fully saturated rings. The van der Waals surface area contributed by atoms with E-state index in [9.17, 15) is 13.6 Å². The Morgan fingerprint density at radius 1 is 1.11 bits per heavy atom. The molecule has 0 spiro atoms. The second-order valence-electron chi connectivity index (χ2n) is 3.68. The Hall–Kier alpha value is -1.27. The van der Waals surface area contributed by atoms with Gasteiger partial charge in [0.2, 0.25) is 0 Å². The smallest absolute Gasteiger partial charge is 0.256 e. The van der Waals surface area contributed by atoms with Crippen LogP contribution in [-0.2, 0) is 0 Å². The standard InChI is InChI=1S/C13H7Br2F2NO/c14-7-4-5-8(9(15)6-7)13(19)18-11-3-1-2-10(16)12(11)17/h1-6H,(H,18,19). The first kappa shape index (κ1) is 14.1. The molecule has 1 amide bonds. The Balaban J connectivity index is 2.28. The monoisotopic (exact) mass is 389 g/mol. The minimum atomic E-state index is -1.08. The topological polar surface area (TPSA) is 29.1 Å². The van der Waals surface area contributed by atoms with Crippen molar-refractivity contribution in [1.29, 1.82) is 0 Å². The number of anilines is 1. The third-order valence-corrected chi connectivity index (χ3v) is 3.52. The number of hydrogen-bond acceptors (Lipinski definition) is 1. The molecule has 2 rings (SSSR count). The lowest BCUT2D eigenvalue weighted by Gasteiger charge is -2.08. The van der Waals surface area contributed by atoms with E-state index in [0.29, 0.717) is 10.0 Å². The molecule has 0 radical (unpaired) electrons. The zero-order valence-electron chi connectivity index (χ0n) is 9.38. The van der Waals surface area contributed by atoms with E-state index in [-0.39, 0.29) is 5.69 Å². The molecule has 0 bridgehead atoms. The fourth-order valence-corrected chi connectivity index (χ4v) is 2.69. The summed E-state index contributed by atoms with van der Waals surface area (Å²) < 4.78 is 27.8. The quantitative estimate of drug-likeness (QED) is 0.788. The molecule has 0 aliphatic carbocycles. The van der Waals surface area contributed by atoms with Crippen molar-refractivity contribution in [2.75, 3.05) is 5.32 Å². The van der Waals surface area contributed by atoms with Crippen LogP contribution in [0, 0.1) is 11.6 Å². The van der Waals surface area contributed by atoms with Crippen molar-refractivity contribution in [2.24, 2.45) is 0 Å². The average Bonchev–Trinajstić information content (AvgIpc) is 2.34. The number of carbonyl (C=O) groups is 1. The summed E-state index contributed by atoms with van der Waals surface area (Å²) in [7, 11) is 0. The highest BCUT2D eigenvalue weighted by Gasteiger charge is 2.14. The molecule has 2 aromatic carbocycles. The van der Waals surface area contributed by atoms with Crippen molar-refractivity contribution in [3.05, 3.63) is 62.5 Å². The molecule has 0 aromatic heterocycles. The second kappa shape index (κ2) is 5.79. The highest BCUT2D eigenvalue weighted by molar-refractivity contribution is 9.11. The Labute approximate surface area is 125 Å². The molecule has 0 saturated heterocycles. The summed E-state index contributed by atoms with van der Waals surface area (Å²) in [6, 6.07) is 8.55. The number of nitrogens with one attached hydrogen (secondary N) is 1. The van der Waals surface area contributed by atoms with E-state index < -0.39 is 17.5 Å². The number of carbonyl (C=O) groups excluding carboxylic acids is 1. The largest absolute Gasteiger partial charge is 0.319 e. The van der Waals surface area contributed by atoms with Crippen LogP contribution in [0.2, 0.25) is 0 Å². The fraction of sp³-hybridized carbons (Fsp3) is 0. The molecule has 0 heterocycles. The van der Waals surface area contributed by atoms with Crippen LogP contribution in [0.5, 0.6) is 0 Å². The summed E-state index contributed by atoms with van der Waals surface area (Å²) in [5, 5.41) is 2.33. The van der Waals surface area contributed by atoms with Gasteiger partial charge in [-0.15, -0.1) is 0 Å². The summed E-state index contributed by atoms with van der Waals surface area (Å²) in [5.74, 6) is -2.61. The number of amides is 1. The van der Waals surface area contributed by atoms with Crippen LogP contribution in [0.25, 0.3) is 0 Å². The Morgan fingerprint density at radius 2 is 1.84 bits per heavy atom. The zero-order chi connectivity index (χ0) is 14.0. The van der Waals surface area contributed by atoms with Gasteiger partial charge in [0, 0.05) is 8.95 Å². The highest BCUT2D eigenvalue weighted by atomic mass is 79.9. The van der Waals surface area contributed by atoms with Crippen LogP contribution in [0.3, 0.4) is 0 Å². The molecule has 6 heteroatoms. The molecular formula is C13H7Br2F2NO. The molecular weight excluding hydrogens is 384 g/mol. The van der Waals surface area contributed by atoms with Gasteiger partial charge in [-0.25, -0.2) is 8.78 Å². The molecule has 0 unspecified atom stereocenters. The zero-order valence-corrected chi connectivity index (χ0v) is 12.6. The van der Waals surface area contributed by atoms with Crippen LogP contribution in [0.15, 0.2) is 45.3 Å². The predicted octanol–water partition coefficient (Wildman–Crippen LogP) is 4.74. The maximum absolute atomic E-state index is 13.4. The average molecular weight is 391 g/mol. The van der Waals surface area contributed by atoms with Gasteiger partial charge in [-0.1, -0.05) is 22.0 Å². The molecule has 1 N–H and O–H groups in total. The van der Waals surface area contributed by atoms with Crippen LogP contribution in [0.1, 0.15) is 10.4 Å². The fourth-order valence-electron chi connectivity index (χ4n) is 1.46. The molecule has 0 aliphatic rings. The Morgan fingerprint density at radius 3 is 2.53 bits per heavy atom. The lowest BCUT2D eigenvalue weighted by molar-refractivity contribution is 0.102. The second-order valence-corrected chi connectivity index (χ2v) is 5.45. The lowest BCUT2D eigenvalue weighted by atomic mass is 10.2. The van der Waals surface area contributed by atoms with Crippen LogP contribution >= 0.6 is 31.9 Å². The number of benzene rings is 2. The number of halogens is 4. The van der Waals surface area contributed by atoms with Gasteiger partial charge in [0.25, 0.3) is 5.91 Å². The van der Waals surface area contributed by atoms with E-state index in [1.54, 1.807) is 18.2 Å². The third kappa shape index (κ3) is 3.19. The first-order valence-electron chi connectivity index (χ1n) is 5.19. The van der Waals surface area contributed by atoms with Gasteiger partial charge in [-0.05, 0) is 46.3 Å². The van der Waals surface area contributed by atoms with Gasteiger partial charge in [0.05, 0.1) is 11.3 Å². The maximum atomic E-state index is 13.4. The minimum Gasteiger partial charge on any atom is -0.319 e. The van der Waals surface area contributed by atoms with Crippen molar-refractivity contribution in [3.8, 4) is 0 Å². The Bertz CT molecular complexity index is 647. The third-order valence-electron chi connectivity index (χ3n) is 2.38. The van der Waals surface area contributed by atoms with Gasteiger partial charge < -0.3 is 5.32 Å². The number of rotatable bonds is 2. The highest BCUT2D eigenvalue weighted by Crippen LogP contribution is 2.24. The Kier molecular flexibility index (Phi) is 4.31.